The fourth-order valence-electron chi connectivity index (χ4n) is 5.15. The molecule has 0 aliphatic carbocycles. The van der Waals surface area contributed by atoms with Crippen molar-refractivity contribution in [2.24, 2.45) is 14.1 Å². The molecule has 36 heavy (non-hydrogen) atoms. The molecule has 3 aromatic carbocycles. The first-order valence-electron chi connectivity index (χ1n) is 11.7. The van der Waals surface area contributed by atoms with E-state index in [1.165, 1.54) is 11.6 Å². The zero-order chi connectivity index (χ0) is 25.3. The predicted octanol–water partition coefficient (Wildman–Crippen LogP) is 5.45. The number of nitrogens with zero attached hydrogens (tertiary/aromatic N) is 3. The fraction of sp³-hybridized carbons (Fsp3) is 0.172. The summed E-state index contributed by atoms with van der Waals surface area (Å²) in [6.07, 6.45) is -0.585. The summed E-state index contributed by atoms with van der Waals surface area (Å²) < 4.78 is 11.4. The van der Waals surface area contributed by atoms with Gasteiger partial charge in [0, 0.05) is 19.1 Å². The molecule has 0 saturated carbocycles. The minimum Gasteiger partial charge on any atom is -0.477 e. The normalized spacial score (nSPS) is 14.4. The van der Waals surface area contributed by atoms with Gasteiger partial charge >= 0.3 is 5.69 Å². The van der Waals surface area contributed by atoms with Crippen LogP contribution >= 0.6 is 11.6 Å². The Hall–Kier alpha value is -4.03. The summed E-state index contributed by atoms with van der Waals surface area (Å²) in [6, 6.07) is 21.6. The molecule has 5 aromatic rings. The maximum atomic E-state index is 13.7. The largest absolute Gasteiger partial charge is 0.477 e. The van der Waals surface area contributed by atoms with Crippen molar-refractivity contribution < 1.29 is 4.74 Å². The third-order valence-electron chi connectivity index (χ3n) is 6.93. The molecule has 6 rings (SSSR count). The molecule has 0 radical (unpaired) electrons. The second-order valence-electron chi connectivity index (χ2n) is 9.39. The summed E-state index contributed by atoms with van der Waals surface area (Å²) in [4.78, 5) is 26.9. The number of halogens is 1. The van der Waals surface area contributed by atoms with Gasteiger partial charge in [0.2, 0.25) is 0 Å². The minimum absolute atomic E-state index is 0.343. The van der Waals surface area contributed by atoms with E-state index in [4.69, 9.17) is 16.3 Å². The molecule has 3 heterocycles. The molecule has 0 amide bonds. The van der Waals surface area contributed by atoms with Gasteiger partial charge in [-0.25, -0.2) is 4.79 Å². The van der Waals surface area contributed by atoms with Gasteiger partial charge in [0.25, 0.3) is 5.56 Å². The fourth-order valence-corrected chi connectivity index (χ4v) is 5.35. The Labute approximate surface area is 212 Å². The zero-order valence-electron chi connectivity index (χ0n) is 20.4. The first kappa shape index (κ1) is 22.4. The van der Waals surface area contributed by atoms with Crippen LogP contribution in [-0.2, 0) is 14.1 Å². The maximum Gasteiger partial charge on any atom is 0.331 e. The van der Waals surface area contributed by atoms with Crippen molar-refractivity contribution in [1.82, 2.24) is 13.7 Å². The van der Waals surface area contributed by atoms with Gasteiger partial charge in [-0.05, 0) is 54.8 Å². The summed E-state index contributed by atoms with van der Waals surface area (Å²) in [5.41, 5.74) is 5.98. The van der Waals surface area contributed by atoms with E-state index in [2.05, 4.69) is 4.57 Å². The first-order chi connectivity index (χ1) is 17.3. The van der Waals surface area contributed by atoms with Gasteiger partial charge in [-0.1, -0.05) is 59.6 Å². The van der Waals surface area contributed by atoms with Crippen LogP contribution in [0, 0.1) is 13.8 Å². The van der Waals surface area contributed by atoms with Crippen molar-refractivity contribution in [2.45, 2.75) is 20.0 Å². The number of hydrogen-bond donors (Lipinski definition) is 0. The van der Waals surface area contributed by atoms with Crippen LogP contribution in [0.4, 0.5) is 0 Å². The highest BCUT2D eigenvalue weighted by Crippen LogP contribution is 2.47. The Morgan fingerprint density at radius 2 is 1.58 bits per heavy atom. The van der Waals surface area contributed by atoms with Crippen LogP contribution in [0.2, 0.25) is 5.02 Å². The number of aromatic nitrogens is 3. The van der Waals surface area contributed by atoms with Crippen molar-refractivity contribution in [2.75, 3.05) is 0 Å². The third-order valence-corrected chi connectivity index (χ3v) is 7.17. The van der Waals surface area contributed by atoms with Crippen molar-refractivity contribution >= 4 is 22.5 Å². The van der Waals surface area contributed by atoms with Crippen LogP contribution in [0.15, 0.2) is 76.3 Å². The van der Waals surface area contributed by atoms with Crippen LogP contribution in [-0.4, -0.2) is 13.7 Å². The summed E-state index contributed by atoms with van der Waals surface area (Å²) in [7, 11) is 3.22. The lowest BCUT2D eigenvalue weighted by atomic mass is 10.0. The predicted molar refractivity (Wildman–Crippen MR) is 143 cm³/mol. The van der Waals surface area contributed by atoms with Gasteiger partial charge in [0.15, 0.2) is 6.10 Å². The molecule has 6 nitrogen and oxygen atoms in total. The molecule has 0 unspecified atom stereocenters. The van der Waals surface area contributed by atoms with E-state index < -0.39 is 11.8 Å². The van der Waals surface area contributed by atoms with Gasteiger partial charge in [-0.15, -0.1) is 0 Å². The number of hydrogen-bond acceptors (Lipinski definition) is 3. The first-order valence-corrected chi connectivity index (χ1v) is 12.1. The Bertz CT molecular complexity index is 1810. The quantitative estimate of drug-likeness (QED) is 0.326. The van der Waals surface area contributed by atoms with Crippen molar-refractivity contribution in [3.05, 3.63) is 115 Å². The Kier molecular flexibility index (Phi) is 4.99. The standard InChI is InChI=1S/C29H24ClN3O3/c1-16-8-11-18(12-9-16)24-23-25(31(3)29(35)32(4)28(23)34)26-27(19-6-5-7-20(30)15-19)36-22-13-10-17(2)14-21(22)33(24)26/h5-15,27H,1-4H3/t27-/m0/s1. The Morgan fingerprint density at radius 3 is 2.31 bits per heavy atom. The SMILES string of the molecule is Cc1ccc(-c2c3c(=O)n(C)c(=O)n(C)c3c3n2-c2cc(C)ccc2O[C@H]3c2cccc(Cl)c2)cc1. The molecule has 1 aliphatic rings. The van der Waals surface area contributed by atoms with Crippen LogP contribution < -0.4 is 16.0 Å². The minimum atomic E-state index is -0.585. The van der Waals surface area contributed by atoms with E-state index >= 15 is 0 Å². The summed E-state index contributed by atoms with van der Waals surface area (Å²) in [5, 5.41) is 1.06. The highest BCUT2D eigenvalue weighted by molar-refractivity contribution is 6.30. The van der Waals surface area contributed by atoms with Gasteiger partial charge in [-0.2, -0.15) is 0 Å². The molecule has 0 N–H and O–H groups in total. The van der Waals surface area contributed by atoms with Crippen LogP contribution in [0.1, 0.15) is 28.5 Å². The second-order valence-corrected chi connectivity index (χ2v) is 9.83. The molecule has 1 atom stereocenters. The highest BCUT2D eigenvalue weighted by Gasteiger charge is 2.36. The van der Waals surface area contributed by atoms with Gasteiger partial charge in [0.1, 0.15) is 5.75 Å². The molecule has 2 aromatic heterocycles. The van der Waals surface area contributed by atoms with E-state index in [0.29, 0.717) is 21.7 Å². The van der Waals surface area contributed by atoms with E-state index in [9.17, 15) is 9.59 Å². The number of fused-ring (bicyclic) bond motifs is 5. The molecule has 0 bridgehead atoms. The summed E-state index contributed by atoms with van der Waals surface area (Å²) in [5.74, 6) is 0.688. The molecular formula is C29H24ClN3O3. The van der Waals surface area contributed by atoms with E-state index in [1.54, 1.807) is 11.6 Å². The van der Waals surface area contributed by atoms with Gasteiger partial charge in [-0.3, -0.25) is 13.9 Å². The van der Waals surface area contributed by atoms with Crippen LogP contribution in [0.5, 0.6) is 5.75 Å². The smallest absolute Gasteiger partial charge is 0.331 e. The topological polar surface area (TPSA) is 58.2 Å². The van der Waals surface area contributed by atoms with Crippen molar-refractivity contribution in [3.8, 4) is 22.7 Å². The number of rotatable bonds is 2. The van der Waals surface area contributed by atoms with Crippen LogP contribution in [0.3, 0.4) is 0 Å². The van der Waals surface area contributed by atoms with Crippen molar-refractivity contribution in [1.29, 1.82) is 0 Å². The van der Waals surface area contributed by atoms with E-state index in [0.717, 1.165) is 39.3 Å². The van der Waals surface area contributed by atoms with E-state index in [1.807, 2.05) is 80.6 Å². The molecule has 180 valence electrons. The Morgan fingerprint density at radius 1 is 0.861 bits per heavy atom. The average molecular weight is 498 g/mol. The molecule has 7 heteroatoms. The van der Waals surface area contributed by atoms with Gasteiger partial charge in [0.05, 0.1) is 28.0 Å². The average Bonchev–Trinajstić information content (AvgIpc) is 3.23. The zero-order valence-corrected chi connectivity index (χ0v) is 21.1. The lowest BCUT2D eigenvalue weighted by Gasteiger charge is -2.30. The molecule has 0 spiro atoms. The van der Waals surface area contributed by atoms with Crippen LogP contribution in [0.25, 0.3) is 27.8 Å². The number of benzene rings is 3. The third kappa shape index (κ3) is 3.18. The maximum absolute atomic E-state index is 13.7. The molecule has 1 aliphatic heterocycles. The van der Waals surface area contributed by atoms with E-state index in [-0.39, 0.29) is 5.56 Å². The number of ether oxygens (including phenoxy) is 1. The molecular weight excluding hydrogens is 474 g/mol. The van der Waals surface area contributed by atoms with Crippen molar-refractivity contribution in [3.63, 3.8) is 0 Å². The number of aryl methyl sites for hydroxylation is 3. The lowest BCUT2D eigenvalue weighted by molar-refractivity contribution is 0.229. The van der Waals surface area contributed by atoms with Gasteiger partial charge < -0.3 is 9.30 Å². The molecule has 0 fully saturated rings. The monoisotopic (exact) mass is 497 g/mol. The second kappa shape index (κ2) is 8.00. The molecule has 0 saturated heterocycles. The lowest BCUT2D eigenvalue weighted by Crippen LogP contribution is -2.37. The summed E-state index contributed by atoms with van der Waals surface area (Å²) >= 11 is 6.38. The summed E-state index contributed by atoms with van der Waals surface area (Å²) in [6.45, 7) is 4.05. The highest BCUT2D eigenvalue weighted by atomic mass is 35.5. The Balaban J connectivity index is 1.87.